The molecule has 1 fully saturated rings. The Kier molecular flexibility index (Phi) is 5.98. The largest absolute Gasteiger partial charge is 0.257 e. The molecule has 4 rings (SSSR count). The van der Waals surface area contributed by atoms with Gasteiger partial charge in [-0.2, -0.15) is 0 Å². The van der Waals surface area contributed by atoms with Gasteiger partial charge in [-0.05, 0) is 111 Å². The van der Waals surface area contributed by atoms with Crippen LogP contribution in [0.2, 0.25) is 0 Å². The van der Waals surface area contributed by atoms with Crippen molar-refractivity contribution in [3.8, 4) is 0 Å². The van der Waals surface area contributed by atoms with Crippen LogP contribution < -0.4 is 4.72 Å². The zero-order valence-corrected chi connectivity index (χ0v) is 17.3. The predicted molar refractivity (Wildman–Crippen MR) is 116 cm³/mol. The molecule has 1 N–H and O–H groups in total. The van der Waals surface area contributed by atoms with Crippen LogP contribution in [0, 0.1) is 18.7 Å². The molecule has 1 aliphatic rings. The van der Waals surface area contributed by atoms with Gasteiger partial charge in [0.1, 0.15) is 5.82 Å². The monoisotopic (exact) mass is 394 g/mol. The Balaban J connectivity index is 1.37. The minimum Gasteiger partial charge on any atom is -0.257 e. The van der Waals surface area contributed by atoms with Gasteiger partial charge in [0.2, 0.25) is 0 Å². The molecular formula is C24H27FN2S. The summed E-state index contributed by atoms with van der Waals surface area (Å²) in [5.41, 5.74) is 3.45. The number of benzene rings is 2. The van der Waals surface area contributed by atoms with Crippen LogP contribution in [-0.2, 0) is 0 Å². The molecule has 0 unspecified atom stereocenters. The zero-order valence-electron chi connectivity index (χ0n) is 16.5. The number of halogens is 1. The molecule has 1 atom stereocenters. The van der Waals surface area contributed by atoms with E-state index in [4.69, 9.17) is 0 Å². The summed E-state index contributed by atoms with van der Waals surface area (Å²) in [6.45, 7) is 4.43. The fourth-order valence-corrected chi connectivity index (χ4v) is 5.27. The SMILES string of the molecule is Cc1cccc(SN[C@H](C)[C@H]2CC[C@@H](c3ccnc4ccc(F)cc43)CC2)c1. The number of fused-ring (bicyclic) bond motifs is 1. The molecule has 28 heavy (non-hydrogen) atoms. The van der Waals surface area contributed by atoms with E-state index in [1.54, 1.807) is 24.1 Å². The van der Waals surface area contributed by atoms with Gasteiger partial charge in [-0.15, -0.1) is 0 Å². The maximum atomic E-state index is 13.8. The maximum Gasteiger partial charge on any atom is 0.123 e. The van der Waals surface area contributed by atoms with E-state index in [1.807, 2.05) is 6.20 Å². The van der Waals surface area contributed by atoms with Crippen molar-refractivity contribution < 1.29 is 4.39 Å². The molecule has 1 saturated carbocycles. The molecule has 1 aliphatic carbocycles. The highest BCUT2D eigenvalue weighted by Crippen LogP contribution is 2.39. The molecule has 0 aliphatic heterocycles. The smallest absolute Gasteiger partial charge is 0.123 e. The minimum absolute atomic E-state index is 0.179. The van der Waals surface area contributed by atoms with Crippen LogP contribution in [-0.4, -0.2) is 11.0 Å². The Morgan fingerprint density at radius 3 is 2.68 bits per heavy atom. The first kappa shape index (κ1) is 19.4. The molecule has 2 aromatic carbocycles. The summed E-state index contributed by atoms with van der Waals surface area (Å²) in [5.74, 6) is 1.00. The molecule has 4 heteroatoms. The molecule has 0 amide bonds. The summed E-state index contributed by atoms with van der Waals surface area (Å²) >= 11 is 1.74. The maximum absolute atomic E-state index is 13.8. The van der Waals surface area contributed by atoms with Gasteiger partial charge in [0.05, 0.1) is 5.52 Å². The van der Waals surface area contributed by atoms with Gasteiger partial charge in [0.15, 0.2) is 0 Å². The van der Waals surface area contributed by atoms with Crippen LogP contribution in [0.4, 0.5) is 4.39 Å². The lowest BCUT2D eigenvalue weighted by Gasteiger charge is -2.33. The van der Waals surface area contributed by atoms with E-state index in [0.29, 0.717) is 17.9 Å². The third kappa shape index (κ3) is 4.39. The topological polar surface area (TPSA) is 24.9 Å². The molecule has 0 saturated heterocycles. The molecule has 0 bridgehead atoms. The Hall–Kier alpha value is -1.91. The normalized spacial score (nSPS) is 21.0. The summed E-state index contributed by atoms with van der Waals surface area (Å²) in [4.78, 5) is 5.67. The van der Waals surface area contributed by atoms with Gasteiger partial charge in [-0.1, -0.05) is 12.1 Å². The van der Waals surface area contributed by atoms with E-state index in [-0.39, 0.29) is 5.82 Å². The number of rotatable bonds is 5. The van der Waals surface area contributed by atoms with Crippen molar-refractivity contribution in [1.29, 1.82) is 0 Å². The van der Waals surface area contributed by atoms with Crippen molar-refractivity contribution in [3.63, 3.8) is 0 Å². The van der Waals surface area contributed by atoms with Crippen LogP contribution in [0.25, 0.3) is 10.9 Å². The molecule has 0 spiro atoms. The first-order valence-corrected chi connectivity index (χ1v) is 10.9. The Morgan fingerprint density at radius 1 is 1.07 bits per heavy atom. The lowest BCUT2D eigenvalue weighted by atomic mass is 9.76. The van der Waals surface area contributed by atoms with Crippen molar-refractivity contribution in [2.75, 3.05) is 0 Å². The molecule has 146 valence electrons. The highest BCUT2D eigenvalue weighted by Gasteiger charge is 2.27. The van der Waals surface area contributed by atoms with Crippen molar-refractivity contribution in [3.05, 3.63) is 71.7 Å². The third-order valence-electron chi connectivity index (χ3n) is 6.01. The molecule has 3 aromatic rings. The molecule has 1 heterocycles. The van der Waals surface area contributed by atoms with E-state index in [9.17, 15) is 4.39 Å². The second-order valence-corrected chi connectivity index (χ2v) is 8.91. The summed E-state index contributed by atoms with van der Waals surface area (Å²) in [6, 6.07) is 16.1. The second-order valence-electron chi connectivity index (χ2n) is 8.00. The summed E-state index contributed by atoms with van der Waals surface area (Å²) in [6.07, 6.45) is 6.58. The number of aromatic nitrogens is 1. The number of hydrogen-bond donors (Lipinski definition) is 1. The van der Waals surface area contributed by atoms with Crippen LogP contribution in [0.15, 0.2) is 59.6 Å². The lowest BCUT2D eigenvalue weighted by molar-refractivity contribution is 0.284. The molecular weight excluding hydrogens is 367 g/mol. The van der Waals surface area contributed by atoms with Crippen molar-refractivity contribution >= 4 is 22.9 Å². The van der Waals surface area contributed by atoms with Gasteiger partial charge < -0.3 is 0 Å². The van der Waals surface area contributed by atoms with Crippen LogP contribution >= 0.6 is 11.9 Å². The first-order valence-electron chi connectivity index (χ1n) is 10.1. The van der Waals surface area contributed by atoms with E-state index in [1.165, 1.54) is 34.9 Å². The number of aryl methyl sites for hydroxylation is 1. The van der Waals surface area contributed by atoms with Crippen molar-refractivity contribution in [1.82, 2.24) is 9.71 Å². The highest BCUT2D eigenvalue weighted by molar-refractivity contribution is 7.97. The molecule has 1 aromatic heterocycles. The van der Waals surface area contributed by atoms with Gasteiger partial charge >= 0.3 is 0 Å². The van der Waals surface area contributed by atoms with Crippen LogP contribution in [0.3, 0.4) is 0 Å². The summed E-state index contributed by atoms with van der Waals surface area (Å²) < 4.78 is 17.4. The summed E-state index contributed by atoms with van der Waals surface area (Å²) in [5, 5.41) is 0.979. The summed E-state index contributed by atoms with van der Waals surface area (Å²) in [7, 11) is 0. The average molecular weight is 395 g/mol. The molecule has 0 radical (unpaired) electrons. The van der Waals surface area contributed by atoms with Gasteiger partial charge in [0, 0.05) is 22.5 Å². The highest BCUT2D eigenvalue weighted by atomic mass is 32.2. The zero-order chi connectivity index (χ0) is 19.5. The minimum atomic E-state index is -0.179. The van der Waals surface area contributed by atoms with Gasteiger partial charge in [-0.3, -0.25) is 9.71 Å². The fourth-order valence-electron chi connectivity index (χ4n) is 4.36. The number of nitrogens with zero attached hydrogens (tertiary/aromatic N) is 1. The van der Waals surface area contributed by atoms with Crippen LogP contribution in [0.1, 0.15) is 49.7 Å². The van der Waals surface area contributed by atoms with E-state index in [0.717, 1.165) is 23.7 Å². The number of nitrogens with one attached hydrogen (secondary N) is 1. The average Bonchev–Trinajstić information content (AvgIpc) is 2.72. The lowest BCUT2D eigenvalue weighted by Crippen LogP contribution is -2.31. The number of hydrogen-bond acceptors (Lipinski definition) is 3. The Bertz CT molecular complexity index is 950. The predicted octanol–water partition coefficient (Wildman–Crippen LogP) is 6.64. The fraction of sp³-hybridized carbons (Fsp3) is 0.375. The van der Waals surface area contributed by atoms with Gasteiger partial charge in [0.25, 0.3) is 0 Å². The third-order valence-corrected chi connectivity index (χ3v) is 6.99. The van der Waals surface area contributed by atoms with Gasteiger partial charge in [-0.25, -0.2) is 4.39 Å². The van der Waals surface area contributed by atoms with Crippen molar-refractivity contribution in [2.24, 2.45) is 5.92 Å². The van der Waals surface area contributed by atoms with E-state index >= 15 is 0 Å². The van der Waals surface area contributed by atoms with Crippen LogP contribution in [0.5, 0.6) is 0 Å². The van der Waals surface area contributed by atoms with E-state index in [2.05, 4.69) is 53.9 Å². The van der Waals surface area contributed by atoms with E-state index < -0.39 is 0 Å². The second kappa shape index (κ2) is 8.62. The Labute approximate surface area is 171 Å². The Morgan fingerprint density at radius 2 is 1.89 bits per heavy atom. The number of pyridine rings is 1. The molecule has 2 nitrogen and oxygen atoms in total. The quantitative estimate of drug-likeness (QED) is 0.491. The first-order chi connectivity index (χ1) is 13.6. The van der Waals surface area contributed by atoms with Crippen molar-refractivity contribution in [2.45, 2.75) is 56.4 Å². The standard InChI is InChI=1S/C24H27FN2S/c1-16-4-3-5-21(14-16)28-27-17(2)18-6-8-19(9-7-18)22-12-13-26-24-11-10-20(25)15-23(22)24/h3-5,10-15,17-19,27H,6-9H2,1-2H3/t17-,18-,19+/m1/s1.